The van der Waals surface area contributed by atoms with Crippen LogP contribution < -0.4 is 0 Å². The van der Waals surface area contributed by atoms with E-state index in [4.69, 9.17) is 11.6 Å². The number of hydrogen-bond donors (Lipinski definition) is 0. The summed E-state index contributed by atoms with van der Waals surface area (Å²) in [5.74, 6) is 0. The van der Waals surface area contributed by atoms with Crippen LogP contribution in [0.4, 0.5) is 0 Å². The normalized spacial score (nSPS) is 12.5. The van der Waals surface area contributed by atoms with Gasteiger partial charge in [0.2, 0.25) is 0 Å². The van der Waals surface area contributed by atoms with Crippen LogP contribution in [-0.2, 0) is 0 Å². The molecule has 0 radical (unpaired) electrons. The fraction of sp³-hybridized carbons (Fsp3) is 0.182. The van der Waals surface area contributed by atoms with Crippen molar-refractivity contribution in [3.8, 4) is 0 Å². The lowest BCUT2D eigenvalue weighted by Gasteiger charge is -1.94. The van der Waals surface area contributed by atoms with Crippen LogP contribution in [0.3, 0.4) is 0 Å². The summed E-state index contributed by atoms with van der Waals surface area (Å²) in [4.78, 5) is 3.86. The molecule has 70 valence electrons. The predicted octanol–water partition coefficient (Wildman–Crippen LogP) is 3.85. The standard InChI is InChI=1S/C11H14ClN/c1-3-8-11(13-2)9-6-4-5-7-10-12/h3-5,7-8,10H,1-2,6,9H2/b5-4+,10-7+,11-8-. The van der Waals surface area contributed by atoms with E-state index < -0.39 is 0 Å². The van der Waals surface area contributed by atoms with Gasteiger partial charge in [-0.1, -0.05) is 42.5 Å². The number of aliphatic imine (C=N–C) groups is 1. The van der Waals surface area contributed by atoms with Crippen LogP contribution in [0.1, 0.15) is 12.8 Å². The molecule has 0 bridgehead atoms. The minimum atomic E-state index is 0.877. The highest BCUT2D eigenvalue weighted by atomic mass is 35.5. The Morgan fingerprint density at radius 2 is 2.15 bits per heavy atom. The maximum Gasteiger partial charge on any atom is 0.0399 e. The van der Waals surface area contributed by atoms with Gasteiger partial charge in [0.25, 0.3) is 0 Å². The van der Waals surface area contributed by atoms with Gasteiger partial charge in [0.1, 0.15) is 0 Å². The summed E-state index contributed by atoms with van der Waals surface area (Å²) in [5, 5.41) is 0. The second kappa shape index (κ2) is 9.01. The summed E-state index contributed by atoms with van der Waals surface area (Å²) in [5.41, 5.74) is 2.43. The molecule has 0 aliphatic rings. The fourth-order valence-corrected chi connectivity index (χ4v) is 0.883. The summed E-state index contributed by atoms with van der Waals surface area (Å²) >= 11 is 5.34. The SMILES string of the molecule is C=C/C=C(/CC/C=C/C=C/Cl)N=C. The molecule has 0 aromatic rings. The molecule has 0 fully saturated rings. The lowest BCUT2D eigenvalue weighted by molar-refractivity contribution is 0.964. The van der Waals surface area contributed by atoms with Crippen LogP contribution in [0.2, 0.25) is 0 Å². The smallest absolute Gasteiger partial charge is 0.0399 e. The quantitative estimate of drug-likeness (QED) is 0.451. The van der Waals surface area contributed by atoms with Gasteiger partial charge in [0.05, 0.1) is 0 Å². The zero-order chi connectivity index (χ0) is 9.94. The van der Waals surface area contributed by atoms with Gasteiger partial charge in [-0.15, -0.1) is 0 Å². The predicted molar refractivity (Wildman–Crippen MR) is 61.2 cm³/mol. The van der Waals surface area contributed by atoms with E-state index >= 15 is 0 Å². The van der Waals surface area contributed by atoms with Gasteiger partial charge < -0.3 is 0 Å². The van der Waals surface area contributed by atoms with Crippen LogP contribution in [0.15, 0.2) is 53.2 Å². The lowest BCUT2D eigenvalue weighted by atomic mass is 10.2. The van der Waals surface area contributed by atoms with Crippen molar-refractivity contribution in [3.63, 3.8) is 0 Å². The molecule has 0 rings (SSSR count). The first-order chi connectivity index (χ1) is 6.35. The second-order valence-electron chi connectivity index (χ2n) is 2.34. The van der Waals surface area contributed by atoms with Crippen LogP contribution in [0, 0.1) is 0 Å². The highest BCUT2D eigenvalue weighted by Gasteiger charge is 1.88. The summed E-state index contributed by atoms with van der Waals surface area (Å²) in [6, 6.07) is 0. The molecule has 13 heavy (non-hydrogen) atoms. The number of nitrogens with zero attached hydrogens (tertiary/aromatic N) is 1. The Hall–Kier alpha value is -1.08. The molecule has 0 spiro atoms. The first-order valence-electron chi connectivity index (χ1n) is 4.05. The van der Waals surface area contributed by atoms with E-state index in [-0.39, 0.29) is 0 Å². The average Bonchev–Trinajstić information content (AvgIpc) is 2.16. The molecule has 0 aliphatic carbocycles. The summed E-state index contributed by atoms with van der Waals surface area (Å²) < 4.78 is 0. The first-order valence-corrected chi connectivity index (χ1v) is 4.49. The van der Waals surface area contributed by atoms with E-state index in [2.05, 4.69) is 18.3 Å². The van der Waals surface area contributed by atoms with Gasteiger partial charge in [-0.2, -0.15) is 0 Å². The van der Waals surface area contributed by atoms with Crippen molar-refractivity contribution in [2.24, 2.45) is 4.99 Å². The zero-order valence-corrected chi connectivity index (χ0v) is 8.37. The topological polar surface area (TPSA) is 12.4 Å². The molecule has 0 saturated carbocycles. The molecule has 0 N–H and O–H groups in total. The van der Waals surface area contributed by atoms with Gasteiger partial charge in [-0.05, 0) is 25.6 Å². The van der Waals surface area contributed by atoms with Crippen LogP contribution in [0.25, 0.3) is 0 Å². The van der Waals surface area contributed by atoms with Gasteiger partial charge in [-0.3, -0.25) is 4.99 Å². The van der Waals surface area contributed by atoms with Crippen LogP contribution in [-0.4, -0.2) is 6.72 Å². The van der Waals surface area contributed by atoms with E-state index in [1.807, 2.05) is 18.2 Å². The Kier molecular flexibility index (Phi) is 8.26. The number of rotatable bonds is 6. The molecular weight excluding hydrogens is 182 g/mol. The van der Waals surface area contributed by atoms with E-state index in [0.717, 1.165) is 18.5 Å². The Bertz CT molecular complexity index is 236. The highest BCUT2D eigenvalue weighted by molar-refractivity contribution is 6.25. The molecule has 0 aromatic carbocycles. The summed E-state index contributed by atoms with van der Waals surface area (Å²) in [7, 11) is 0. The van der Waals surface area contributed by atoms with Gasteiger partial charge in [0, 0.05) is 11.2 Å². The van der Waals surface area contributed by atoms with Crippen molar-refractivity contribution < 1.29 is 0 Å². The molecule has 0 aliphatic heterocycles. The van der Waals surface area contributed by atoms with Crippen molar-refractivity contribution in [1.29, 1.82) is 0 Å². The minimum Gasteiger partial charge on any atom is -0.269 e. The van der Waals surface area contributed by atoms with Crippen molar-refractivity contribution >= 4 is 18.3 Å². The third-order valence-electron chi connectivity index (χ3n) is 1.40. The van der Waals surface area contributed by atoms with Gasteiger partial charge in [0.15, 0.2) is 0 Å². The highest BCUT2D eigenvalue weighted by Crippen LogP contribution is 2.06. The minimum absolute atomic E-state index is 0.877. The van der Waals surface area contributed by atoms with Crippen molar-refractivity contribution in [2.75, 3.05) is 0 Å². The number of halogens is 1. The molecule has 1 nitrogen and oxygen atoms in total. The van der Waals surface area contributed by atoms with Gasteiger partial charge >= 0.3 is 0 Å². The second-order valence-corrected chi connectivity index (χ2v) is 2.59. The Morgan fingerprint density at radius 3 is 2.69 bits per heavy atom. The number of allylic oxidation sites excluding steroid dienone is 6. The molecule has 0 heterocycles. The molecule has 0 aromatic heterocycles. The van der Waals surface area contributed by atoms with Crippen molar-refractivity contribution in [3.05, 3.63) is 48.2 Å². The Morgan fingerprint density at radius 1 is 1.38 bits per heavy atom. The maximum atomic E-state index is 5.34. The zero-order valence-electron chi connectivity index (χ0n) is 7.62. The van der Waals surface area contributed by atoms with E-state index in [1.165, 1.54) is 5.54 Å². The summed E-state index contributed by atoms with van der Waals surface area (Å²) in [6.45, 7) is 7.06. The van der Waals surface area contributed by atoms with Crippen LogP contribution in [0.5, 0.6) is 0 Å². The van der Waals surface area contributed by atoms with E-state index in [9.17, 15) is 0 Å². The Labute approximate surface area is 84.8 Å². The molecular formula is C11H14ClN. The maximum absolute atomic E-state index is 5.34. The third-order valence-corrected chi connectivity index (χ3v) is 1.55. The summed E-state index contributed by atoms with van der Waals surface area (Å²) in [6.07, 6.45) is 11.1. The largest absolute Gasteiger partial charge is 0.269 e. The molecule has 2 heteroatoms. The Balaban J connectivity index is 3.79. The molecule has 0 saturated heterocycles. The van der Waals surface area contributed by atoms with Crippen LogP contribution >= 0.6 is 11.6 Å². The van der Waals surface area contributed by atoms with Crippen molar-refractivity contribution in [2.45, 2.75) is 12.8 Å². The lowest BCUT2D eigenvalue weighted by Crippen LogP contribution is -1.76. The molecule has 0 amide bonds. The van der Waals surface area contributed by atoms with E-state index in [1.54, 1.807) is 12.2 Å². The third kappa shape index (κ3) is 7.29. The number of hydrogen-bond acceptors (Lipinski definition) is 1. The molecule has 0 atom stereocenters. The average molecular weight is 196 g/mol. The fourth-order valence-electron chi connectivity index (χ4n) is 0.799. The van der Waals surface area contributed by atoms with Crippen molar-refractivity contribution in [1.82, 2.24) is 0 Å². The monoisotopic (exact) mass is 195 g/mol. The van der Waals surface area contributed by atoms with E-state index in [0.29, 0.717) is 0 Å². The molecule has 0 unspecified atom stereocenters. The van der Waals surface area contributed by atoms with Gasteiger partial charge in [-0.25, -0.2) is 0 Å². The first kappa shape index (κ1) is 11.9.